The first kappa shape index (κ1) is 11.8. The van der Waals surface area contributed by atoms with Gasteiger partial charge in [-0.2, -0.15) is 0 Å². The Labute approximate surface area is 110 Å². The highest BCUT2D eigenvalue weighted by Crippen LogP contribution is 2.36. The van der Waals surface area contributed by atoms with Crippen LogP contribution in [0.25, 0.3) is 11.3 Å². The molecule has 4 heteroatoms. The maximum absolute atomic E-state index is 13.0. The Morgan fingerprint density at radius 3 is 2.78 bits per heavy atom. The predicted molar refractivity (Wildman–Crippen MR) is 72.5 cm³/mol. The van der Waals surface area contributed by atoms with Crippen LogP contribution in [0.3, 0.4) is 0 Å². The van der Waals surface area contributed by atoms with Gasteiger partial charge in [-0.3, -0.25) is 0 Å². The molecule has 1 aromatic carbocycles. The van der Waals surface area contributed by atoms with Gasteiger partial charge in [-0.1, -0.05) is 0 Å². The molecule has 18 heavy (non-hydrogen) atoms. The summed E-state index contributed by atoms with van der Waals surface area (Å²) in [6.07, 6.45) is 1.16. The topological polar surface area (TPSA) is 24.9 Å². The van der Waals surface area contributed by atoms with E-state index in [1.807, 2.05) is 19.1 Å². The zero-order chi connectivity index (χ0) is 12.5. The van der Waals surface area contributed by atoms with Crippen LogP contribution in [0.2, 0.25) is 0 Å². The second kappa shape index (κ2) is 4.78. The number of rotatable bonds is 2. The van der Waals surface area contributed by atoms with E-state index in [1.165, 1.54) is 17.0 Å². The van der Waals surface area contributed by atoms with Gasteiger partial charge in [0, 0.05) is 22.9 Å². The third kappa shape index (κ3) is 2.18. The number of nitrogens with one attached hydrogen (secondary N) is 1. The van der Waals surface area contributed by atoms with E-state index in [9.17, 15) is 4.39 Å². The van der Waals surface area contributed by atoms with Crippen molar-refractivity contribution in [3.8, 4) is 11.3 Å². The normalized spacial score (nSPS) is 19.3. The summed E-state index contributed by atoms with van der Waals surface area (Å²) in [5, 5.41) is 4.47. The van der Waals surface area contributed by atoms with E-state index in [2.05, 4.69) is 10.3 Å². The smallest absolute Gasteiger partial charge is 0.123 e. The first-order valence-corrected chi connectivity index (χ1v) is 6.99. The van der Waals surface area contributed by atoms with E-state index in [0.29, 0.717) is 5.92 Å². The fourth-order valence-electron chi connectivity index (χ4n) is 2.41. The molecule has 1 aromatic heterocycles. The SMILES string of the molecule is Cc1nc(-c2ccc(F)cc2)c(C2CCNC2)s1. The number of hydrogen-bond donors (Lipinski definition) is 1. The number of aromatic nitrogens is 1. The number of aryl methyl sites for hydroxylation is 1. The molecule has 1 atom stereocenters. The van der Waals surface area contributed by atoms with Crippen LogP contribution in [-0.4, -0.2) is 18.1 Å². The summed E-state index contributed by atoms with van der Waals surface area (Å²) in [7, 11) is 0. The van der Waals surface area contributed by atoms with Crippen molar-refractivity contribution in [1.29, 1.82) is 0 Å². The van der Waals surface area contributed by atoms with Gasteiger partial charge in [-0.05, 0) is 44.2 Å². The maximum Gasteiger partial charge on any atom is 0.123 e. The van der Waals surface area contributed by atoms with Crippen LogP contribution >= 0.6 is 11.3 Å². The third-order valence-electron chi connectivity index (χ3n) is 3.31. The molecule has 2 aromatic rings. The lowest BCUT2D eigenvalue weighted by Gasteiger charge is -2.08. The van der Waals surface area contributed by atoms with Crippen LogP contribution in [0.15, 0.2) is 24.3 Å². The molecule has 1 aliphatic heterocycles. The number of hydrogen-bond acceptors (Lipinski definition) is 3. The lowest BCUT2D eigenvalue weighted by atomic mass is 10.0. The lowest BCUT2D eigenvalue weighted by Crippen LogP contribution is -2.07. The zero-order valence-electron chi connectivity index (χ0n) is 10.2. The standard InChI is InChI=1S/C14H15FN2S/c1-9-17-13(10-2-4-12(15)5-3-10)14(18-9)11-6-7-16-8-11/h2-5,11,16H,6-8H2,1H3. The van der Waals surface area contributed by atoms with Crippen LogP contribution in [0.4, 0.5) is 4.39 Å². The molecule has 1 fully saturated rings. The van der Waals surface area contributed by atoms with Gasteiger partial charge >= 0.3 is 0 Å². The molecule has 0 bridgehead atoms. The molecule has 2 heterocycles. The van der Waals surface area contributed by atoms with E-state index in [0.717, 1.165) is 35.8 Å². The Bertz CT molecular complexity index is 541. The van der Waals surface area contributed by atoms with Gasteiger partial charge in [-0.25, -0.2) is 9.37 Å². The molecule has 1 N–H and O–H groups in total. The summed E-state index contributed by atoms with van der Waals surface area (Å²) in [5.74, 6) is 0.353. The predicted octanol–water partition coefficient (Wildman–Crippen LogP) is 3.33. The van der Waals surface area contributed by atoms with E-state index in [-0.39, 0.29) is 5.82 Å². The fraction of sp³-hybridized carbons (Fsp3) is 0.357. The van der Waals surface area contributed by atoms with E-state index in [4.69, 9.17) is 0 Å². The van der Waals surface area contributed by atoms with Crippen molar-refractivity contribution in [2.75, 3.05) is 13.1 Å². The van der Waals surface area contributed by atoms with Crippen LogP contribution in [0, 0.1) is 12.7 Å². The van der Waals surface area contributed by atoms with Crippen LogP contribution in [0.5, 0.6) is 0 Å². The van der Waals surface area contributed by atoms with E-state index >= 15 is 0 Å². The van der Waals surface area contributed by atoms with Crippen LogP contribution in [0.1, 0.15) is 22.2 Å². The molecule has 0 aliphatic carbocycles. The van der Waals surface area contributed by atoms with Crippen molar-refractivity contribution in [3.63, 3.8) is 0 Å². The number of halogens is 1. The average Bonchev–Trinajstić information content (AvgIpc) is 2.98. The minimum atomic E-state index is -0.199. The molecule has 2 nitrogen and oxygen atoms in total. The molecular formula is C14H15FN2S. The number of thiazole rings is 1. The van der Waals surface area contributed by atoms with Gasteiger partial charge in [0.1, 0.15) is 5.82 Å². The molecule has 0 spiro atoms. The van der Waals surface area contributed by atoms with Gasteiger partial charge in [0.05, 0.1) is 10.7 Å². The van der Waals surface area contributed by atoms with Crippen molar-refractivity contribution in [1.82, 2.24) is 10.3 Å². The third-order valence-corrected chi connectivity index (χ3v) is 4.44. The van der Waals surface area contributed by atoms with Gasteiger partial charge < -0.3 is 5.32 Å². The highest BCUT2D eigenvalue weighted by Gasteiger charge is 2.23. The van der Waals surface area contributed by atoms with Gasteiger partial charge in [0.15, 0.2) is 0 Å². The van der Waals surface area contributed by atoms with Crippen molar-refractivity contribution >= 4 is 11.3 Å². The first-order chi connectivity index (χ1) is 8.74. The average molecular weight is 262 g/mol. The van der Waals surface area contributed by atoms with Crippen molar-refractivity contribution in [2.24, 2.45) is 0 Å². The van der Waals surface area contributed by atoms with E-state index in [1.54, 1.807) is 11.3 Å². The van der Waals surface area contributed by atoms with Gasteiger partial charge in [0.25, 0.3) is 0 Å². The molecule has 3 rings (SSSR count). The summed E-state index contributed by atoms with van der Waals surface area (Å²) in [5.41, 5.74) is 2.05. The Morgan fingerprint density at radius 2 is 2.11 bits per heavy atom. The van der Waals surface area contributed by atoms with Crippen molar-refractivity contribution in [3.05, 3.63) is 40.0 Å². The second-order valence-corrected chi connectivity index (χ2v) is 5.88. The quantitative estimate of drug-likeness (QED) is 0.898. The molecule has 1 aliphatic rings. The minimum Gasteiger partial charge on any atom is -0.316 e. The number of nitrogens with zero attached hydrogens (tertiary/aromatic N) is 1. The molecule has 1 unspecified atom stereocenters. The molecule has 0 radical (unpaired) electrons. The first-order valence-electron chi connectivity index (χ1n) is 6.18. The largest absolute Gasteiger partial charge is 0.316 e. The van der Waals surface area contributed by atoms with Crippen molar-refractivity contribution in [2.45, 2.75) is 19.3 Å². The minimum absolute atomic E-state index is 0.199. The molecule has 1 saturated heterocycles. The Morgan fingerprint density at radius 1 is 1.33 bits per heavy atom. The Balaban J connectivity index is 2.02. The Hall–Kier alpha value is -1.26. The van der Waals surface area contributed by atoms with Crippen LogP contribution in [-0.2, 0) is 0 Å². The lowest BCUT2D eigenvalue weighted by molar-refractivity contribution is 0.628. The molecule has 94 valence electrons. The fourth-order valence-corrected chi connectivity index (χ4v) is 3.50. The summed E-state index contributed by atoms with van der Waals surface area (Å²) in [6.45, 7) is 4.13. The molecule has 0 saturated carbocycles. The summed E-state index contributed by atoms with van der Waals surface area (Å²) >= 11 is 1.77. The van der Waals surface area contributed by atoms with Crippen LogP contribution < -0.4 is 5.32 Å². The maximum atomic E-state index is 13.0. The summed E-state index contributed by atoms with van der Waals surface area (Å²) < 4.78 is 13.0. The monoisotopic (exact) mass is 262 g/mol. The van der Waals surface area contributed by atoms with Gasteiger partial charge in [0.2, 0.25) is 0 Å². The van der Waals surface area contributed by atoms with E-state index < -0.39 is 0 Å². The number of benzene rings is 1. The van der Waals surface area contributed by atoms with Crippen molar-refractivity contribution < 1.29 is 4.39 Å². The summed E-state index contributed by atoms with van der Waals surface area (Å²) in [4.78, 5) is 5.96. The highest BCUT2D eigenvalue weighted by atomic mass is 32.1. The van der Waals surface area contributed by atoms with Gasteiger partial charge in [-0.15, -0.1) is 11.3 Å². The summed E-state index contributed by atoms with van der Waals surface area (Å²) in [6, 6.07) is 6.63. The molecular weight excluding hydrogens is 247 g/mol. The Kier molecular flexibility index (Phi) is 3.14. The molecule has 0 amide bonds. The zero-order valence-corrected chi connectivity index (χ0v) is 11.1. The second-order valence-electron chi connectivity index (χ2n) is 4.64. The highest BCUT2D eigenvalue weighted by molar-refractivity contribution is 7.12.